The molecule has 0 spiro atoms. The zero-order chi connectivity index (χ0) is 15.6. The molecule has 0 aliphatic carbocycles. The summed E-state index contributed by atoms with van der Waals surface area (Å²) in [6.45, 7) is 12.3. The van der Waals surface area contributed by atoms with Crippen molar-refractivity contribution in [2.45, 2.75) is 34.2 Å². The number of hydrogen-bond donors (Lipinski definition) is 0. The van der Waals surface area contributed by atoms with E-state index in [0.717, 1.165) is 43.3 Å². The van der Waals surface area contributed by atoms with Crippen molar-refractivity contribution in [2.75, 3.05) is 26.2 Å². The molecule has 1 fully saturated rings. The number of piperazine rings is 1. The Bertz CT molecular complexity index is 514. The summed E-state index contributed by atoms with van der Waals surface area (Å²) in [5.41, 5.74) is 2.06. The smallest absolute Gasteiger partial charge is 0.228 e. The third kappa shape index (κ3) is 4.21. The van der Waals surface area contributed by atoms with E-state index in [1.807, 2.05) is 38.7 Å². The Morgan fingerprint density at radius 3 is 2.33 bits per heavy atom. The Hall–Kier alpha value is -1.06. The molecule has 0 saturated carbocycles. The molecule has 1 saturated heterocycles. The maximum atomic E-state index is 12.3. The first-order valence-corrected chi connectivity index (χ1v) is 7.92. The number of rotatable bonds is 2. The number of carbonyl (C=O) groups is 1. The van der Waals surface area contributed by atoms with Crippen LogP contribution in [-0.2, 0) is 11.3 Å². The Labute approximate surface area is 132 Å². The van der Waals surface area contributed by atoms with Crippen LogP contribution >= 0.6 is 11.6 Å². The summed E-state index contributed by atoms with van der Waals surface area (Å²) >= 11 is 6.18. The summed E-state index contributed by atoms with van der Waals surface area (Å²) in [6, 6.07) is 6.24. The first kappa shape index (κ1) is 16.3. The van der Waals surface area contributed by atoms with Crippen LogP contribution in [0.15, 0.2) is 18.2 Å². The number of aryl methyl sites for hydroxylation is 1. The molecule has 0 bridgehead atoms. The van der Waals surface area contributed by atoms with Crippen LogP contribution < -0.4 is 0 Å². The molecule has 1 heterocycles. The van der Waals surface area contributed by atoms with Gasteiger partial charge in [-0.25, -0.2) is 0 Å². The highest BCUT2D eigenvalue weighted by Crippen LogP contribution is 2.21. The summed E-state index contributed by atoms with van der Waals surface area (Å²) in [6.07, 6.45) is 0. The van der Waals surface area contributed by atoms with Crippen molar-refractivity contribution in [3.8, 4) is 0 Å². The van der Waals surface area contributed by atoms with Crippen molar-refractivity contribution in [3.05, 3.63) is 34.3 Å². The second-order valence-electron chi connectivity index (χ2n) is 6.90. The van der Waals surface area contributed by atoms with E-state index in [9.17, 15) is 4.79 Å². The fraction of sp³-hybridized carbons (Fsp3) is 0.588. The zero-order valence-electron chi connectivity index (χ0n) is 13.4. The molecular weight excluding hydrogens is 284 g/mol. The van der Waals surface area contributed by atoms with E-state index in [2.05, 4.69) is 17.0 Å². The van der Waals surface area contributed by atoms with Gasteiger partial charge >= 0.3 is 0 Å². The largest absolute Gasteiger partial charge is 0.340 e. The topological polar surface area (TPSA) is 23.6 Å². The van der Waals surface area contributed by atoms with Crippen molar-refractivity contribution < 1.29 is 4.79 Å². The van der Waals surface area contributed by atoms with Crippen LogP contribution in [0.3, 0.4) is 0 Å². The van der Waals surface area contributed by atoms with E-state index in [4.69, 9.17) is 11.6 Å². The second-order valence-corrected chi connectivity index (χ2v) is 7.31. The van der Waals surface area contributed by atoms with E-state index >= 15 is 0 Å². The van der Waals surface area contributed by atoms with Gasteiger partial charge in [-0.2, -0.15) is 0 Å². The predicted octanol–water partition coefficient (Wildman–Crippen LogP) is 3.34. The first-order valence-electron chi connectivity index (χ1n) is 7.54. The Morgan fingerprint density at radius 1 is 1.19 bits per heavy atom. The van der Waals surface area contributed by atoms with E-state index in [-0.39, 0.29) is 11.3 Å². The molecule has 0 radical (unpaired) electrons. The lowest BCUT2D eigenvalue weighted by atomic mass is 9.94. The Kier molecular flexibility index (Phi) is 4.95. The maximum Gasteiger partial charge on any atom is 0.228 e. The highest BCUT2D eigenvalue weighted by Gasteiger charge is 2.29. The van der Waals surface area contributed by atoms with E-state index in [1.54, 1.807) is 0 Å². The number of benzene rings is 1. The maximum absolute atomic E-state index is 12.3. The van der Waals surface area contributed by atoms with Crippen molar-refractivity contribution in [1.29, 1.82) is 0 Å². The highest BCUT2D eigenvalue weighted by atomic mass is 35.5. The number of halogens is 1. The standard InChI is InChI=1S/C17H25ClN2O/c1-13-5-6-14(11-15(13)18)12-19-7-9-20(10-8-19)16(21)17(2,3)4/h5-6,11H,7-10,12H2,1-4H3. The van der Waals surface area contributed by atoms with Gasteiger partial charge in [0.1, 0.15) is 0 Å². The van der Waals surface area contributed by atoms with Crippen LogP contribution in [-0.4, -0.2) is 41.9 Å². The molecule has 0 N–H and O–H groups in total. The Morgan fingerprint density at radius 2 is 1.81 bits per heavy atom. The van der Waals surface area contributed by atoms with Gasteiger partial charge < -0.3 is 4.90 Å². The van der Waals surface area contributed by atoms with Crippen LogP contribution in [0.4, 0.5) is 0 Å². The third-order valence-electron chi connectivity index (χ3n) is 3.94. The zero-order valence-corrected chi connectivity index (χ0v) is 14.2. The van der Waals surface area contributed by atoms with E-state index in [1.165, 1.54) is 5.56 Å². The van der Waals surface area contributed by atoms with Gasteiger partial charge in [0.2, 0.25) is 5.91 Å². The quantitative estimate of drug-likeness (QED) is 0.836. The lowest BCUT2D eigenvalue weighted by Crippen LogP contribution is -2.51. The van der Waals surface area contributed by atoms with Gasteiger partial charge in [0, 0.05) is 43.2 Å². The van der Waals surface area contributed by atoms with Gasteiger partial charge in [-0.3, -0.25) is 9.69 Å². The fourth-order valence-electron chi connectivity index (χ4n) is 2.58. The number of amides is 1. The van der Waals surface area contributed by atoms with Gasteiger partial charge in [-0.1, -0.05) is 44.5 Å². The van der Waals surface area contributed by atoms with Crippen molar-refractivity contribution in [2.24, 2.45) is 5.41 Å². The molecule has 21 heavy (non-hydrogen) atoms. The van der Waals surface area contributed by atoms with Crippen LogP contribution in [0.1, 0.15) is 31.9 Å². The summed E-state index contributed by atoms with van der Waals surface area (Å²) in [4.78, 5) is 16.6. The fourth-order valence-corrected chi connectivity index (χ4v) is 2.78. The first-order chi connectivity index (χ1) is 9.77. The summed E-state index contributed by atoms with van der Waals surface area (Å²) in [5.74, 6) is 0.250. The number of hydrogen-bond acceptors (Lipinski definition) is 2. The molecule has 1 aliphatic rings. The lowest BCUT2D eigenvalue weighted by Gasteiger charge is -2.37. The second kappa shape index (κ2) is 6.37. The van der Waals surface area contributed by atoms with Gasteiger partial charge in [0.15, 0.2) is 0 Å². The van der Waals surface area contributed by atoms with Crippen LogP contribution in [0.25, 0.3) is 0 Å². The molecule has 1 amide bonds. The highest BCUT2D eigenvalue weighted by molar-refractivity contribution is 6.31. The molecular formula is C17H25ClN2O. The lowest BCUT2D eigenvalue weighted by molar-refractivity contribution is -0.141. The SMILES string of the molecule is Cc1ccc(CN2CCN(C(=O)C(C)(C)C)CC2)cc1Cl. The van der Waals surface area contributed by atoms with Gasteiger partial charge in [-0.05, 0) is 24.1 Å². The van der Waals surface area contributed by atoms with E-state index < -0.39 is 0 Å². The molecule has 0 unspecified atom stereocenters. The van der Waals surface area contributed by atoms with Gasteiger partial charge in [0.05, 0.1) is 0 Å². The van der Waals surface area contributed by atoms with Crippen molar-refractivity contribution >= 4 is 17.5 Å². The molecule has 3 nitrogen and oxygen atoms in total. The van der Waals surface area contributed by atoms with Crippen LogP contribution in [0.5, 0.6) is 0 Å². The van der Waals surface area contributed by atoms with Gasteiger partial charge in [-0.15, -0.1) is 0 Å². The minimum Gasteiger partial charge on any atom is -0.340 e. The number of nitrogens with zero attached hydrogens (tertiary/aromatic N) is 2. The molecule has 1 aliphatic heterocycles. The molecule has 116 valence electrons. The Balaban J connectivity index is 1.89. The molecule has 1 aromatic rings. The van der Waals surface area contributed by atoms with Crippen molar-refractivity contribution in [1.82, 2.24) is 9.80 Å². The minimum absolute atomic E-state index is 0.250. The van der Waals surface area contributed by atoms with Gasteiger partial charge in [0.25, 0.3) is 0 Å². The predicted molar refractivity (Wildman–Crippen MR) is 87.5 cm³/mol. The molecule has 4 heteroatoms. The molecule has 0 atom stereocenters. The average Bonchev–Trinajstić information content (AvgIpc) is 2.42. The molecule has 0 aromatic heterocycles. The van der Waals surface area contributed by atoms with Crippen LogP contribution in [0.2, 0.25) is 5.02 Å². The number of carbonyl (C=O) groups excluding carboxylic acids is 1. The van der Waals surface area contributed by atoms with Crippen molar-refractivity contribution in [3.63, 3.8) is 0 Å². The third-order valence-corrected chi connectivity index (χ3v) is 4.35. The summed E-state index contributed by atoms with van der Waals surface area (Å²) in [7, 11) is 0. The monoisotopic (exact) mass is 308 g/mol. The minimum atomic E-state index is -0.285. The van der Waals surface area contributed by atoms with Crippen LogP contribution in [0, 0.1) is 12.3 Å². The normalized spacial score (nSPS) is 17.1. The van der Waals surface area contributed by atoms with E-state index in [0.29, 0.717) is 0 Å². The molecule has 2 rings (SSSR count). The summed E-state index contributed by atoms with van der Waals surface area (Å²) < 4.78 is 0. The average molecular weight is 309 g/mol. The molecule has 1 aromatic carbocycles. The summed E-state index contributed by atoms with van der Waals surface area (Å²) in [5, 5.41) is 0.828.